The van der Waals surface area contributed by atoms with E-state index in [1.165, 1.54) is 51.9 Å². The Hall–Kier alpha value is -0.160. The monoisotopic (exact) mass is 310 g/mol. The number of nitrogens with one attached hydrogen (secondary N) is 2. The van der Waals surface area contributed by atoms with E-state index in [4.69, 9.17) is 0 Å². The van der Waals surface area contributed by atoms with Crippen molar-refractivity contribution in [3.8, 4) is 0 Å². The van der Waals surface area contributed by atoms with E-state index in [0.29, 0.717) is 24.2 Å². The van der Waals surface area contributed by atoms with Crippen molar-refractivity contribution in [3.05, 3.63) is 0 Å². The van der Waals surface area contributed by atoms with Crippen molar-refractivity contribution in [2.24, 2.45) is 5.92 Å². The first-order chi connectivity index (χ1) is 10.5. The van der Waals surface area contributed by atoms with Crippen LogP contribution in [-0.2, 0) is 0 Å². The van der Waals surface area contributed by atoms with Crippen LogP contribution in [0.3, 0.4) is 0 Å². The largest absolute Gasteiger partial charge is 0.316 e. The average Bonchev–Trinajstić information content (AvgIpc) is 2.54. The number of likely N-dealkylation sites (tertiary alicyclic amines) is 2. The third-order valence-corrected chi connectivity index (χ3v) is 5.86. The predicted molar refractivity (Wildman–Crippen MR) is 95.4 cm³/mol. The van der Waals surface area contributed by atoms with Crippen molar-refractivity contribution in [1.82, 2.24) is 20.4 Å². The summed E-state index contributed by atoms with van der Waals surface area (Å²) in [5, 5.41) is 6.99. The van der Waals surface area contributed by atoms with Crippen LogP contribution < -0.4 is 10.6 Å². The molecular weight excluding hydrogens is 272 g/mol. The van der Waals surface area contributed by atoms with Gasteiger partial charge in [-0.15, -0.1) is 0 Å². The molecule has 2 fully saturated rings. The highest BCUT2D eigenvalue weighted by Gasteiger charge is 2.30. The lowest BCUT2D eigenvalue weighted by Crippen LogP contribution is -2.52. The minimum Gasteiger partial charge on any atom is -0.316 e. The molecule has 2 aliphatic heterocycles. The molecule has 130 valence electrons. The molecular formula is C18H38N4. The molecule has 0 bridgehead atoms. The Morgan fingerprint density at radius 1 is 0.955 bits per heavy atom. The van der Waals surface area contributed by atoms with Gasteiger partial charge in [-0.1, -0.05) is 0 Å². The number of likely N-dealkylation sites (N-methyl/N-ethyl adjacent to an activating group) is 2. The van der Waals surface area contributed by atoms with Gasteiger partial charge in [0.25, 0.3) is 0 Å². The molecule has 0 aliphatic carbocycles. The van der Waals surface area contributed by atoms with Gasteiger partial charge in [-0.3, -0.25) is 9.80 Å². The maximum Gasteiger partial charge on any atom is 0.0195 e. The second-order valence-electron chi connectivity index (χ2n) is 7.84. The lowest BCUT2D eigenvalue weighted by molar-refractivity contribution is 0.0783. The van der Waals surface area contributed by atoms with Gasteiger partial charge < -0.3 is 10.6 Å². The standard InChI is InChI=1S/C18H38N4/c1-14(2)22-11-16(10-18(13-22)20-5)9-15(3)21-8-6-7-17(12-21)19-4/h14-20H,6-13H2,1-5H3/t15?,16?,17?,18-/m1/s1. The zero-order chi connectivity index (χ0) is 16.1. The van der Waals surface area contributed by atoms with Gasteiger partial charge in [-0.2, -0.15) is 0 Å². The first kappa shape index (κ1) is 18.2. The predicted octanol–water partition coefficient (Wildman–Crippen LogP) is 1.77. The van der Waals surface area contributed by atoms with Gasteiger partial charge in [0.15, 0.2) is 0 Å². The number of piperidine rings is 2. The lowest BCUT2D eigenvalue weighted by Gasteiger charge is -2.43. The molecule has 2 N–H and O–H groups in total. The van der Waals surface area contributed by atoms with Crippen LogP contribution in [0.2, 0.25) is 0 Å². The minimum atomic E-state index is 0.664. The fourth-order valence-corrected chi connectivity index (χ4v) is 4.32. The van der Waals surface area contributed by atoms with Crippen molar-refractivity contribution in [1.29, 1.82) is 0 Å². The van der Waals surface area contributed by atoms with Gasteiger partial charge >= 0.3 is 0 Å². The van der Waals surface area contributed by atoms with Crippen LogP contribution >= 0.6 is 0 Å². The topological polar surface area (TPSA) is 30.5 Å². The summed E-state index contributed by atoms with van der Waals surface area (Å²) >= 11 is 0. The Labute approximate surface area is 138 Å². The van der Waals surface area contributed by atoms with Crippen molar-refractivity contribution >= 4 is 0 Å². The van der Waals surface area contributed by atoms with Crippen molar-refractivity contribution in [2.75, 3.05) is 40.3 Å². The molecule has 2 aliphatic rings. The molecule has 22 heavy (non-hydrogen) atoms. The van der Waals surface area contributed by atoms with E-state index in [-0.39, 0.29) is 0 Å². The molecule has 0 radical (unpaired) electrons. The van der Waals surface area contributed by atoms with E-state index < -0.39 is 0 Å². The molecule has 0 saturated carbocycles. The third kappa shape index (κ3) is 4.92. The Morgan fingerprint density at radius 2 is 1.64 bits per heavy atom. The number of rotatable bonds is 6. The van der Waals surface area contributed by atoms with Gasteiger partial charge in [0, 0.05) is 43.8 Å². The van der Waals surface area contributed by atoms with Crippen molar-refractivity contribution in [2.45, 2.75) is 70.6 Å². The second-order valence-corrected chi connectivity index (χ2v) is 7.84. The Kier molecular flexibility index (Phi) is 7.13. The highest BCUT2D eigenvalue weighted by atomic mass is 15.2. The van der Waals surface area contributed by atoms with E-state index in [1.54, 1.807) is 0 Å². The molecule has 0 spiro atoms. The van der Waals surface area contributed by atoms with Gasteiger partial charge in [0.1, 0.15) is 0 Å². The smallest absolute Gasteiger partial charge is 0.0195 e. The Balaban J connectivity index is 1.87. The summed E-state index contributed by atoms with van der Waals surface area (Å²) < 4.78 is 0. The van der Waals surface area contributed by atoms with E-state index in [0.717, 1.165) is 5.92 Å². The zero-order valence-electron chi connectivity index (χ0n) is 15.4. The molecule has 2 heterocycles. The molecule has 2 rings (SSSR count). The first-order valence-corrected chi connectivity index (χ1v) is 9.36. The number of nitrogens with zero attached hydrogens (tertiary/aromatic N) is 2. The van der Waals surface area contributed by atoms with Crippen LogP contribution in [0.5, 0.6) is 0 Å². The highest BCUT2D eigenvalue weighted by Crippen LogP contribution is 2.25. The van der Waals surface area contributed by atoms with Gasteiger partial charge in [0.2, 0.25) is 0 Å². The summed E-state index contributed by atoms with van der Waals surface area (Å²) in [5.74, 6) is 0.832. The maximum absolute atomic E-state index is 3.52. The lowest BCUT2D eigenvalue weighted by atomic mass is 9.87. The molecule has 4 heteroatoms. The molecule has 4 atom stereocenters. The maximum atomic E-state index is 3.52. The highest BCUT2D eigenvalue weighted by molar-refractivity contribution is 4.87. The summed E-state index contributed by atoms with van der Waals surface area (Å²) in [4.78, 5) is 5.38. The van der Waals surface area contributed by atoms with Crippen LogP contribution in [0.15, 0.2) is 0 Å². The molecule has 4 nitrogen and oxygen atoms in total. The Morgan fingerprint density at radius 3 is 2.27 bits per heavy atom. The molecule has 0 amide bonds. The van der Waals surface area contributed by atoms with E-state index in [9.17, 15) is 0 Å². The Bertz CT molecular complexity index is 320. The fraction of sp³-hybridized carbons (Fsp3) is 1.00. The molecule has 0 aromatic rings. The van der Waals surface area contributed by atoms with E-state index >= 15 is 0 Å². The second kappa shape index (κ2) is 8.62. The molecule has 0 aromatic heterocycles. The average molecular weight is 311 g/mol. The van der Waals surface area contributed by atoms with Gasteiger partial charge in [-0.05, 0) is 73.0 Å². The minimum absolute atomic E-state index is 0.664. The summed E-state index contributed by atoms with van der Waals surface area (Å²) in [7, 11) is 4.23. The van der Waals surface area contributed by atoms with Crippen LogP contribution in [0.25, 0.3) is 0 Å². The summed E-state index contributed by atoms with van der Waals surface area (Å²) in [6.07, 6.45) is 5.37. The third-order valence-electron chi connectivity index (χ3n) is 5.86. The quantitative estimate of drug-likeness (QED) is 0.783. The van der Waals surface area contributed by atoms with Gasteiger partial charge in [0.05, 0.1) is 0 Å². The van der Waals surface area contributed by atoms with Crippen molar-refractivity contribution < 1.29 is 0 Å². The normalized spacial score (nSPS) is 33.3. The zero-order valence-corrected chi connectivity index (χ0v) is 15.4. The number of hydrogen-bond acceptors (Lipinski definition) is 4. The van der Waals surface area contributed by atoms with Gasteiger partial charge in [-0.25, -0.2) is 0 Å². The van der Waals surface area contributed by atoms with Crippen LogP contribution in [0.4, 0.5) is 0 Å². The van der Waals surface area contributed by atoms with Crippen LogP contribution in [-0.4, -0.2) is 74.2 Å². The molecule has 2 saturated heterocycles. The molecule has 0 aromatic carbocycles. The van der Waals surface area contributed by atoms with E-state index in [1.807, 2.05) is 0 Å². The summed E-state index contributed by atoms with van der Waals surface area (Å²) in [6, 6.07) is 2.74. The fourth-order valence-electron chi connectivity index (χ4n) is 4.32. The van der Waals surface area contributed by atoms with Crippen molar-refractivity contribution in [3.63, 3.8) is 0 Å². The summed E-state index contributed by atoms with van der Waals surface area (Å²) in [5.41, 5.74) is 0. The van der Waals surface area contributed by atoms with Crippen LogP contribution in [0.1, 0.15) is 46.5 Å². The molecule has 3 unspecified atom stereocenters. The SMILES string of the molecule is CNC1CCCN(C(C)CC2C[C@@H](NC)CN(C(C)C)C2)C1. The first-order valence-electron chi connectivity index (χ1n) is 9.36. The van der Waals surface area contributed by atoms with E-state index in [2.05, 4.69) is 55.3 Å². The summed E-state index contributed by atoms with van der Waals surface area (Å²) in [6.45, 7) is 12.1. The number of hydrogen-bond donors (Lipinski definition) is 2. The van der Waals surface area contributed by atoms with Crippen LogP contribution in [0, 0.1) is 5.92 Å².